The van der Waals surface area contributed by atoms with Crippen molar-refractivity contribution >= 4 is 17.1 Å². The first kappa shape index (κ1) is 12.0. The molecule has 0 aliphatic carbocycles. The van der Waals surface area contributed by atoms with Crippen molar-refractivity contribution in [3.8, 4) is 0 Å². The molecule has 3 heterocycles. The van der Waals surface area contributed by atoms with E-state index in [1.165, 1.54) is 4.85 Å². The highest BCUT2D eigenvalue weighted by molar-refractivity contribution is 5.75. The number of aromatic nitrogens is 3. The Morgan fingerprint density at radius 2 is 2.21 bits per heavy atom. The molecule has 1 saturated heterocycles. The number of amides is 1. The smallest absolute Gasteiger partial charge is 0.306 e. The quantitative estimate of drug-likeness (QED) is 0.783. The number of likely N-dealkylation sites (tertiary alicyclic amines) is 1. The monoisotopic (exact) mass is 260 g/mol. The van der Waals surface area contributed by atoms with Crippen LogP contribution < -0.4 is 4.84 Å². The van der Waals surface area contributed by atoms with Gasteiger partial charge < -0.3 is 4.90 Å². The van der Waals surface area contributed by atoms with Crippen molar-refractivity contribution in [2.45, 2.75) is 19.8 Å². The third-order valence-corrected chi connectivity index (χ3v) is 3.51. The highest BCUT2D eigenvalue weighted by atomic mass is 16.7. The van der Waals surface area contributed by atoms with E-state index in [0.717, 1.165) is 31.3 Å². The minimum absolute atomic E-state index is 0.359. The fraction of sp³-hybridized carbons (Fsp3) is 0.462. The molecule has 0 saturated carbocycles. The minimum atomic E-state index is -0.359. The molecule has 0 unspecified atom stereocenters. The van der Waals surface area contributed by atoms with Gasteiger partial charge in [-0.05, 0) is 30.9 Å². The van der Waals surface area contributed by atoms with Crippen LogP contribution in [0.4, 0.5) is 4.79 Å². The number of hydrogen-bond acceptors (Lipinski definition) is 4. The summed E-state index contributed by atoms with van der Waals surface area (Å²) in [6, 6.07) is 3.70. The number of carbonyl (C=O) groups is 1. The van der Waals surface area contributed by atoms with E-state index in [2.05, 4.69) is 17.0 Å². The van der Waals surface area contributed by atoms with Gasteiger partial charge in [0, 0.05) is 24.7 Å². The number of hydrogen-bond donors (Lipinski definition) is 0. The zero-order chi connectivity index (χ0) is 13.2. The summed E-state index contributed by atoms with van der Waals surface area (Å²) in [5.74, 6) is 0.677. The Kier molecular flexibility index (Phi) is 3.06. The largest absolute Gasteiger partial charge is 0.436 e. The summed E-state index contributed by atoms with van der Waals surface area (Å²) in [6.45, 7) is 3.69. The van der Waals surface area contributed by atoms with Crippen molar-refractivity contribution in [2.75, 3.05) is 13.1 Å². The summed E-state index contributed by atoms with van der Waals surface area (Å²) in [4.78, 5) is 24.4. The average Bonchev–Trinajstić information content (AvgIpc) is 2.83. The Bertz CT molecular complexity index is 587. The molecular formula is C13H16N4O2. The van der Waals surface area contributed by atoms with E-state index >= 15 is 0 Å². The fourth-order valence-corrected chi connectivity index (χ4v) is 2.23. The van der Waals surface area contributed by atoms with Crippen LogP contribution in [0.2, 0.25) is 0 Å². The van der Waals surface area contributed by atoms with Gasteiger partial charge in [-0.2, -0.15) is 0 Å². The minimum Gasteiger partial charge on any atom is -0.306 e. The number of piperidine rings is 1. The van der Waals surface area contributed by atoms with Crippen LogP contribution in [0, 0.1) is 5.92 Å². The van der Waals surface area contributed by atoms with Crippen LogP contribution in [0.3, 0.4) is 0 Å². The zero-order valence-corrected chi connectivity index (χ0v) is 10.8. The lowest BCUT2D eigenvalue weighted by molar-refractivity contribution is 0.0723. The van der Waals surface area contributed by atoms with Crippen molar-refractivity contribution in [3.63, 3.8) is 0 Å². The molecular weight excluding hydrogens is 244 g/mol. The molecule has 6 heteroatoms. The summed E-state index contributed by atoms with van der Waals surface area (Å²) in [6.07, 6.45) is 4.97. The predicted octanol–water partition coefficient (Wildman–Crippen LogP) is 1.71. The van der Waals surface area contributed by atoms with Crippen molar-refractivity contribution in [3.05, 3.63) is 24.5 Å². The molecule has 2 aromatic rings. The Morgan fingerprint density at radius 1 is 1.42 bits per heavy atom. The van der Waals surface area contributed by atoms with Crippen LogP contribution >= 0.6 is 0 Å². The SMILES string of the molecule is CC1CCN(C(=O)On2ncc3cccnc32)CC1. The Balaban J connectivity index is 1.72. The number of pyridine rings is 1. The lowest BCUT2D eigenvalue weighted by atomic mass is 10.00. The van der Waals surface area contributed by atoms with Crippen molar-refractivity contribution < 1.29 is 9.63 Å². The number of rotatable bonds is 1. The summed E-state index contributed by atoms with van der Waals surface area (Å²) in [5.41, 5.74) is 0.557. The number of nitrogens with zero attached hydrogens (tertiary/aromatic N) is 4. The molecule has 3 rings (SSSR count). The van der Waals surface area contributed by atoms with Crippen LogP contribution in [0.15, 0.2) is 24.5 Å². The molecule has 0 aromatic carbocycles. The first-order valence-electron chi connectivity index (χ1n) is 6.50. The molecule has 2 aromatic heterocycles. The predicted molar refractivity (Wildman–Crippen MR) is 69.5 cm³/mol. The molecule has 100 valence electrons. The lowest BCUT2D eigenvalue weighted by Crippen LogP contribution is -2.42. The Hall–Kier alpha value is -2.11. The average molecular weight is 260 g/mol. The van der Waals surface area contributed by atoms with E-state index in [1.807, 2.05) is 12.1 Å². The first-order valence-corrected chi connectivity index (χ1v) is 6.50. The second-order valence-electron chi connectivity index (χ2n) is 4.96. The van der Waals surface area contributed by atoms with Gasteiger partial charge >= 0.3 is 6.09 Å². The molecule has 0 spiro atoms. The highest BCUT2D eigenvalue weighted by Gasteiger charge is 2.22. The van der Waals surface area contributed by atoms with Crippen LogP contribution in [0.1, 0.15) is 19.8 Å². The van der Waals surface area contributed by atoms with Gasteiger partial charge in [-0.15, -0.1) is 5.10 Å². The highest BCUT2D eigenvalue weighted by Crippen LogP contribution is 2.16. The van der Waals surface area contributed by atoms with Gasteiger partial charge in [-0.25, -0.2) is 9.78 Å². The second kappa shape index (κ2) is 4.87. The molecule has 1 aliphatic rings. The van der Waals surface area contributed by atoms with E-state index in [9.17, 15) is 4.79 Å². The second-order valence-corrected chi connectivity index (χ2v) is 4.96. The molecule has 0 bridgehead atoms. The molecule has 19 heavy (non-hydrogen) atoms. The maximum atomic E-state index is 12.0. The molecule has 1 fully saturated rings. The zero-order valence-electron chi connectivity index (χ0n) is 10.8. The van der Waals surface area contributed by atoms with Crippen molar-refractivity contribution in [2.24, 2.45) is 5.92 Å². The van der Waals surface area contributed by atoms with Gasteiger partial charge in [0.2, 0.25) is 0 Å². The first-order chi connectivity index (χ1) is 9.24. The van der Waals surface area contributed by atoms with Gasteiger partial charge in [0.15, 0.2) is 5.65 Å². The standard InChI is InChI=1S/C13H16N4O2/c1-10-4-7-16(8-5-10)13(18)19-17-12-11(9-15-17)3-2-6-14-12/h2-3,6,9-10H,4-5,7-8H2,1H3. The Morgan fingerprint density at radius 3 is 3.00 bits per heavy atom. The van der Waals surface area contributed by atoms with Gasteiger partial charge in [-0.1, -0.05) is 11.8 Å². The molecule has 6 nitrogen and oxygen atoms in total. The van der Waals surface area contributed by atoms with Crippen molar-refractivity contribution in [1.29, 1.82) is 0 Å². The number of carbonyl (C=O) groups excluding carboxylic acids is 1. The van der Waals surface area contributed by atoms with E-state index in [1.54, 1.807) is 17.3 Å². The van der Waals surface area contributed by atoms with Gasteiger partial charge in [0.1, 0.15) is 0 Å². The maximum absolute atomic E-state index is 12.0. The molecule has 0 atom stereocenters. The van der Waals surface area contributed by atoms with Gasteiger partial charge in [0.05, 0.1) is 6.20 Å². The van der Waals surface area contributed by atoms with Gasteiger partial charge in [0.25, 0.3) is 0 Å². The lowest BCUT2D eigenvalue weighted by Gasteiger charge is -2.28. The Labute approximate surface area is 110 Å². The van der Waals surface area contributed by atoms with E-state index < -0.39 is 0 Å². The summed E-state index contributed by atoms with van der Waals surface area (Å²) < 4.78 is 0. The third kappa shape index (κ3) is 2.38. The van der Waals surface area contributed by atoms with Crippen LogP contribution in [0.25, 0.3) is 11.0 Å². The molecule has 0 N–H and O–H groups in total. The molecule has 1 aliphatic heterocycles. The van der Waals surface area contributed by atoms with E-state index in [-0.39, 0.29) is 6.09 Å². The topological polar surface area (TPSA) is 60.2 Å². The van der Waals surface area contributed by atoms with Crippen LogP contribution in [0.5, 0.6) is 0 Å². The molecule has 0 radical (unpaired) electrons. The normalized spacial score (nSPS) is 16.8. The summed E-state index contributed by atoms with van der Waals surface area (Å²) >= 11 is 0. The van der Waals surface area contributed by atoms with Crippen molar-refractivity contribution in [1.82, 2.24) is 19.8 Å². The van der Waals surface area contributed by atoms with E-state index in [4.69, 9.17) is 4.84 Å². The summed E-state index contributed by atoms with van der Waals surface area (Å²) in [7, 11) is 0. The van der Waals surface area contributed by atoms with Crippen LogP contribution in [-0.4, -0.2) is 39.0 Å². The third-order valence-electron chi connectivity index (χ3n) is 3.51. The number of fused-ring (bicyclic) bond motifs is 1. The fourth-order valence-electron chi connectivity index (χ4n) is 2.23. The van der Waals surface area contributed by atoms with E-state index in [0.29, 0.717) is 11.6 Å². The molecule has 1 amide bonds. The maximum Gasteiger partial charge on any atom is 0.436 e. The van der Waals surface area contributed by atoms with Gasteiger partial charge in [-0.3, -0.25) is 4.84 Å². The van der Waals surface area contributed by atoms with Crippen LogP contribution in [-0.2, 0) is 0 Å². The summed E-state index contributed by atoms with van der Waals surface area (Å²) in [5, 5.41) is 4.88.